The van der Waals surface area contributed by atoms with Crippen LogP contribution in [0, 0.1) is 12.7 Å². The largest absolute Gasteiger partial charge is 0.480 e. The van der Waals surface area contributed by atoms with Crippen molar-refractivity contribution in [2.45, 2.75) is 29.4 Å². The summed E-state index contributed by atoms with van der Waals surface area (Å²) in [6.07, 6.45) is 1.40. The van der Waals surface area contributed by atoms with E-state index >= 15 is 0 Å². The van der Waals surface area contributed by atoms with Gasteiger partial charge < -0.3 is 5.11 Å². The van der Waals surface area contributed by atoms with Gasteiger partial charge in [-0.15, -0.1) is 11.8 Å². The zero-order chi connectivity index (χ0) is 11.1. The van der Waals surface area contributed by atoms with Crippen LogP contribution in [0.1, 0.15) is 18.4 Å². The van der Waals surface area contributed by atoms with Crippen molar-refractivity contribution in [3.63, 3.8) is 0 Å². The molecule has 0 radical (unpaired) electrons. The van der Waals surface area contributed by atoms with Gasteiger partial charge in [0.25, 0.3) is 0 Å². The third-order valence-electron chi connectivity index (χ3n) is 2.54. The van der Waals surface area contributed by atoms with E-state index in [1.165, 1.54) is 23.9 Å². The summed E-state index contributed by atoms with van der Waals surface area (Å²) >= 11 is 1.33. The van der Waals surface area contributed by atoms with Crippen LogP contribution >= 0.6 is 11.8 Å². The van der Waals surface area contributed by atoms with Crippen molar-refractivity contribution in [1.82, 2.24) is 0 Å². The molecule has 1 fully saturated rings. The summed E-state index contributed by atoms with van der Waals surface area (Å²) in [6, 6.07) is 4.45. The summed E-state index contributed by atoms with van der Waals surface area (Å²) < 4.78 is 12.2. The monoisotopic (exact) mass is 226 g/mol. The third-order valence-corrected chi connectivity index (χ3v) is 4.19. The maximum Gasteiger partial charge on any atom is 0.320 e. The molecule has 15 heavy (non-hydrogen) atoms. The maximum absolute atomic E-state index is 12.8. The second-order valence-corrected chi connectivity index (χ2v) is 5.24. The Morgan fingerprint density at radius 1 is 1.53 bits per heavy atom. The lowest BCUT2D eigenvalue weighted by Crippen LogP contribution is -2.17. The van der Waals surface area contributed by atoms with E-state index < -0.39 is 10.7 Å². The van der Waals surface area contributed by atoms with Crippen LogP contribution in [0.5, 0.6) is 0 Å². The zero-order valence-corrected chi connectivity index (χ0v) is 9.10. The molecule has 1 aromatic carbocycles. The van der Waals surface area contributed by atoms with Crippen LogP contribution in [0.4, 0.5) is 4.39 Å². The number of hydrogen-bond acceptors (Lipinski definition) is 2. The predicted molar refractivity (Wildman–Crippen MR) is 56.6 cm³/mol. The second-order valence-electron chi connectivity index (χ2n) is 3.81. The van der Waals surface area contributed by atoms with Gasteiger partial charge in [0.15, 0.2) is 0 Å². The van der Waals surface area contributed by atoms with E-state index in [1.54, 1.807) is 13.0 Å². The molecule has 0 atom stereocenters. The van der Waals surface area contributed by atoms with Crippen LogP contribution in [0.2, 0.25) is 0 Å². The highest BCUT2D eigenvalue weighted by molar-refractivity contribution is 8.01. The summed E-state index contributed by atoms with van der Waals surface area (Å²) in [4.78, 5) is 11.8. The molecule has 80 valence electrons. The van der Waals surface area contributed by atoms with Crippen molar-refractivity contribution >= 4 is 17.7 Å². The van der Waals surface area contributed by atoms with E-state index in [0.717, 1.165) is 10.5 Å². The van der Waals surface area contributed by atoms with Crippen molar-refractivity contribution in [3.8, 4) is 0 Å². The first kappa shape index (κ1) is 10.5. The van der Waals surface area contributed by atoms with Gasteiger partial charge in [0, 0.05) is 4.90 Å². The topological polar surface area (TPSA) is 37.3 Å². The Labute approximate surface area is 91.5 Å². The van der Waals surface area contributed by atoms with Gasteiger partial charge in [-0.3, -0.25) is 4.79 Å². The molecule has 0 amide bonds. The molecular weight excluding hydrogens is 215 g/mol. The molecule has 1 aromatic rings. The number of aliphatic carboxylic acids is 1. The highest BCUT2D eigenvalue weighted by Crippen LogP contribution is 2.52. The van der Waals surface area contributed by atoms with Crippen LogP contribution in [-0.2, 0) is 4.79 Å². The third kappa shape index (κ3) is 2.00. The van der Waals surface area contributed by atoms with Crippen molar-refractivity contribution in [2.75, 3.05) is 0 Å². The number of rotatable bonds is 3. The summed E-state index contributed by atoms with van der Waals surface area (Å²) in [5.74, 6) is -1.05. The average Bonchev–Trinajstić information content (AvgIpc) is 2.91. The minimum atomic E-state index is -0.767. The molecule has 0 unspecified atom stereocenters. The van der Waals surface area contributed by atoms with Crippen LogP contribution in [0.3, 0.4) is 0 Å². The first-order chi connectivity index (χ1) is 7.03. The number of carbonyl (C=O) groups is 1. The molecule has 1 saturated carbocycles. The molecule has 1 N–H and O–H groups in total. The molecule has 0 heterocycles. The maximum atomic E-state index is 12.8. The SMILES string of the molecule is Cc1cc(F)ccc1SC1(C(=O)O)CC1. The van der Waals surface area contributed by atoms with Gasteiger partial charge in [0.2, 0.25) is 0 Å². The standard InChI is InChI=1S/C11H11FO2S/c1-7-6-8(12)2-3-9(7)15-11(4-5-11)10(13)14/h2-3,6H,4-5H2,1H3,(H,13,14). The molecule has 2 nitrogen and oxygen atoms in total. The van der Waals surface area contributed by atoms with Gasteiger partial charge in [0.05, 0.1) is 0 Å². The van der Waals surface area contributed by atoms with Crippen molar-refractivity contribution < 1.29 is 14.3 Å². The number of halogens is 1. The molecule has 2 rings (SSSR count). The molecule has 0 aliphatic heterocycles. The number of benzene rings is 1. The van der Waals surface area contributed by atoms with Crippen molar-refractivity contribution in [1.29, 1.82) is 0 Å². The van der Waals surface area contributed by atoms with Gasteiger partial charge in [0.1, 0.15) is 10.6 Å². The Balaban J connectivity index is 2.21. The van der Waals surface area contributed by atoms with Gasteiger partial charge in [-0.2, -0.15) is 0 Å². The molecule has 0 bridgehead atoms. The fraction of sp³-hybridized carbons (Fsp3) is 0.364. The van der Waals surface area contributed by atoms with E-state index in [0.29, 0.717) is 12.8 Å². The summed E-state index contributed by atoms with van der Waals surface area (Å²) in [6.45, 7) is 1.79. The molecule has 4 heteroatoms. The Morgan fingerprint density at radius 3 is 2.67 bits per heavy atom. The first-order valence-corrected chi connectivity index (χ1v) is 5.54. The Kier molecular flexibility index (Phi) is 2.46. The zero-order valence-electron chi connectivity index (χ0n) is 8.29. The van der Waals surface area contributed by atoms with Crippen molar-refractivity contribution in [3.05, 3.63) is 29.6 Å². The fourth-order valence-electron chi connectivity index (χ4n) is 1.41. The summed E-state index contributed by atoms with van der Waals surface area (Å²) in [5, 5.41) is 9.02. The minimum Gasteiger partial charge on any atom is -0.480 e. The average molecular weight is 226 g/mol. The van der Waals surface area contributed by atoms with E-state index in [2.05, 4.69) is 0 Å². The molecule has 0 saturated heterocycles. The van der Waals surface area contributed by atoms with Crippen LogP contribution < -0.4 is 0 Å². The first-order valence-electron chi connectivity index (χ1n) is 4.72. The lowest BCUT2D eigenvalue weighted by atomic mass is 10.2. The molecule has 0 aromatic heterocycles. The normalized spacial score (nSPS) is 17.5. The highest BCUT2D eigenvalue weighted by Gasteiger charge is 2.51. The molecule has 1 aliphatic rings. The van der Waals surface area contributed by atoms with Gasteiger partial charge in [-0.1, -0.05) is 0 Å². The molecule has 1 aliphatic carbocycles. The van der Waals surface area contributed by atoms with E-state index in [-0.39, 0.29) is 5.82 Å². The highest BCUT2D eigenvalue weighted by atomic mass is 32.2. The van der Waals surface area contributed by atoms with Gasteiger partial charge in [-0.05, 0) is 43.5 Å². The lowest BCUT2D eigenvalue weighted by molar-refractivity contribution is -0.137. The number of thioether (sulfide) groups is 1. The van der Waals surface area contributed by atoms with E-state index in [9.17, 15) is 9.18 Å². The van der Waals surface area contributed by atoms with E-state index in [1.807, 2.05) is 0 Å². The van der Waals surface area contributed by atoms with Crippen LogP contribution in [0.25, 0.3) is 0 Å². The smallest absolute Gasteiger partial charge is 0.320 e. The van der Waals surface area contributed by atoms with Crippen molar-refractivity contribution in [2.24, 2.45) is 0 Å². The van der Waals surface area contributed by atoms with E-state index in [4.69, 9.17) is 5.11 Å². The lowest BCUT2D eigenvalue weighted by Gasteiger charge is -2.11. The van der Waals surface area contributed by atoms with Crippen LogP contribution in [0.15, 0.2) is 23.1 Å². The number of carboxylic acids is 1. The Bertz CT molecular complexity index is 413. The number of carboxylic acid groups (broad SMARTS) is 1. The fourth-order valence-corrected chi connectivity index (χ4v) is 2.58. The Morgan fingerprint density at radius 2 is 2.20 bits per heavy atom. The second kappa shape index (κ2) is 3.52. The number of hydrogen-bond donors (Lipinski definition) is 1. The summed E-state index contributed by atoms with van der Waals surface area (Å²) in [5.41, 5.74) is 0.799. The quantitative estimate of drug-likeness (QED) is 0.861. The molecular formula is C11H11FO2S. The predicted octanol–water partition coefficient (Wildman–Crippen LogP) is 2.84. The summed E-state index contributed by atoms with van der Waals surface area (Å²) in [7, 11) is 0. The number of aryl methyl sites for hydroxylation is 1. The van der Waals surface area contributed by atoms with Crippen LogP contribution in [-0.4, -0.2) is 15.8 Å². The Hall–Kier alpha value is -1.03. The molecule has 0 spiro atoms. The van der Waals surface area contributed by atoms with Gasteiger partial charge in [-0.25, -0.2) is 4.39 Å². The minimum absolute atomic E-state index is 0.281. The van der Waals surface area contributed by atoms with Gasteiger partial charge >= 0.3 is 5.97 Å².